The molecule has 120 valence electrons. The monoisotopic (exact) mass is 335 g/mol. The number of carbonyl (C=O) groups excluding carboxylic acids is 1. The lowest BCUT2D eigenvalue weighted by Gasteiger charge is -2.06. The fourth-order valence-electron chi connectivity index (χ4n) is 1.86. The number of hydrogen-bond acceptors (Lipinski definition) is 3. The van der Waals surface area contributed by atoms with Gasteiger partial charge in [0.1, 0.15) is 17.3 Å². The molecule has 0 saturated carbocycles. The first-order chi connectivity index (χ1) is 11.0. The van der Waals surface area contributed by atoms with Crippen LogP contribution in [0.5, 0.6) is 11.5 Å². The number of benzene rings is 2. The van der Waals surface area contributed by atoms with Crippen molar-refractivity contribution < 1.29 is 18.7 Å². The molecular weight excluding hydrogens is 321 g/mol. The molecule has 4 nitrogen and oxygen atoms in total. The van der Waals surface area contributed by atoms with E-state index in [2.05, 4.69) is 5.32 Å². The van der Waals surface area contributed by atoms with E-state index in [0.29, 0.717) is 17.1 Å². The van der Waals surface area contributed by atoms with Crippen LogP contribution in [-0.2, 0) is 4.79 Å². The Morgan fingerprint density at radius 3 is 2.35 bits per heavy atom. The van der Waals surface area contributed by atoms with Crippen molar-refractivity contribution in [2.45, 2.75) is 0 Å². The number of hydrogen-bond donors (Lipinski definition) is 1. The molecule has 2 rings (SSSR count). The van der Waals surface area contributed by atoms with Gasteiger partial charge in [-0.3, -0.25) is 4.79 Å². The number of halogens is 2. The van der Waals surface area contributed by atoms with Crippen LogP contribution >= 0.6 is 11.6 Å². The van der Waals surface area contributed by atoms with Gasteiger partial charge in [-0.25, -0.2) is 4.39 Å². The molecule has 0 bridgehead atoms. The molecule has 1 N–H and O–H groups in total. The van der Waals surface area contributed by atoms with Gasteiger partial charge < -0.3 is 14.8 Å². The van der Waals surface area contributed by atoms with Gasteiger partial charge in [0.15, 0.2) is 0 Å². The first kappa shape index (κ1) is 16.8. The zero-order valence-corrected chi connectivity index (χ0v) is 13.4. The van der Waals surface area contributed by atoms with Crippen LogP contribution in [0.1, 0.15) is 5.56 Å². The van der Waals surface area contributed by atoms with Crippen LogP contribution in [0.15, 0.2) is 42.5 Å². The van der Waals surface area contributed by atoms with Crippen molar-refractivity contribution in [3.63, 3.8) is 0 Å². The van der Waals surface area contributed by atoms with Gasteiger partial charge in [-0.05, 0) is 42.0 Å². The molecule has 0 unspecified atom stereocenters. The molecule has 0 aliphatic heterocycles. The summed E-state index contributed by atoms with van der Waals surface area (Å²) in [5.41, 5.74) is 0.778. The smallest absolute Gasteiger partial charge is 0.248 e. The second kappa shape index (κ2) is 7.65. The standard InChI is InChI=1S/C17H15ClFNO3/c1-22-13-7-11(8-14(10-13)23-2)3-6-17(21)20-16-5-4-12(18)9-15(16)19/h3-10H,1-2H3,(H,20,21)/b6-3+. The maximum absolute atomic E-state index is 13.6. The number of amides is 1. The number of nitrogens with one attached hydrogen (secondary N) is 1. The Hall–Kier alpha value is -2.53. The zero-order valence-electron chi connectivity index (χ0n) is 12.6. The van der Waals surface area contributed by atoms with Crippen molar-refractivity contribution in [1.29, 1.82) is 0 Å². The van der Waals surface area contributed by atoms with Crippen LogP contribution in [0.4, 0.5) is 10.1 Å². The largest absolute Gasteiger partial charge is 0.497 e. The summed E-state index contributed by atoms with van der Waals surface area (Å²) in [7, 11) is 3.08. The molecule has 0 aliphatic rings. The lowest BCUT2D eigenvalue weighted by atomic mass is 10.2. The quantitative estimate of drug-likeness (QED) is 0.835. The molecule has 0 saturated heterocycles. The minimum atomic E-state index is -0.595. The van der Waals surface area contributed by atoms with Crippen molar-refractivity contribution in [3.05, 3.63) is 58.9 Å². The molecule has 23 heavy (non-hydrogen) atoms. The van der Waals surface area contributed by atoms with Gasteiger partial charge in [-0.15, -0.1) is 0 Å². The first-order valence-electron chi connectivity index (χ1n) is 6.69. The summed E-state index contributed by atoms with van der Waals surface area (Å²) in [4.78, 5) is 11.9. The van der Waals surface area contributed by atoms with Gasteiger partial charge in [-0.1, -0.05) is 11.6 Å². The third-order valence-corrected chi connectivity index (χ3v) is 3.23. The Morgan fingerprint density at radius 2 is 1.78 bits per heavy atom. The fraction of sp³-hybridized carbons (Fsp3) is 0.118. The highest BCUT2D eigenvalue weighted by Crippen LogP contribution is 2.23. The van der Waals surface area contributed by atoms with Crippen LogP contribution in [0.2, 0.25) is 5.02 Å². The lowest BCUT2D eigenvalue weighted by Crippen LogP contribution is -2.09. The molecule has 0 spiro atoms. The summed E-state index contributed by atoms with van der Waals surface area (Å²) in [5, 5.41) is 2.71. The first-order valence-corrected chi connectivity index (χ1v) is 7.07. The van der Waals surface area contributed by atoms with Crippen LogP contribution < -0.4 is 14.8 Å². The third kappa shape index (κ3) is 4.72. The zero-order chi connectivity index (χ0) is 16.8. The van der Waals surface area contributed by atoms with Crippen molar-refractivity contribution in [1.82, 2.24) is 0 Å². The van der Waals surface area contributed by atoms with Gasteiger partial charge in [0.25, 0.3) is 0 Å². The van der Waals surface area contributed by atoms with E-state index < -0.39 is 11.7 Å². The van der Waals surface area contributed by atoms with Gasteiger partial charge in [-0.2, -0.15) is 0 Å². The van der Waals surface area contributed by atoms with Crippen LogP contribution in [0, 0.1) is 5.82 Å². The topological polar surface area (TPSA) is 47.6 Å². The summed E-state index contributed by atoms with van der Waals surface area (Å²) >= 11 is 5.66. The summed E-state index contributed by atoms with van der Waals surface area (Å²) in [6, 6.07) is 9.24. The number of rotatable bonds is 5. The number of carbonyl (C=O) groups is 1. The predicted molar refractivity (Wildman–Crippen MR) is 88.6 cm³/mol. The van der Waals surface area contributed by atoms with Crippen molar-refractivity contribution >= 4 is 29.3 Å². The van der Waals surface area contributed by atoms with Crippen LogP contribution in [0.25, 0.3) is 6.08 Å². The van der Waals surface area contributed by atoms with Gasteiger partial charge in [0, 0.05) is 17.2 Å². The number of anilines is 1. The van der Waals surface area contributed by atoms with E-state index in [1.54, 1.807) is 24.3 Å². The molecule has 2 aromatic rings. The molecule has 2 aromatic carbocycles. The highest BCUT2D eigenvalue weighted by molar-refractivity contribution is 6.30. The molecular formula is C17H15ClFNO3. The Labute approximate surface area is 138 Å². The molecule has 1 amide bonds. The Kier molecular flexibility index (Phi) is 5.60. The van der Waals surface area contributed by atoms with E-state index >= 15 is 0 Å². The highest BCUT2D eigenvalue weighted by Gasteiger charge is 2.05. The third-order valence-electron chi connectivity index (χ3n) is 2.99. The SMILES string of the molecule is COc1cc(/C=C/C(=O)Nc2ccc(Cl)cc2F)cc(OC)c1. The molecule has 0 radical (unpaired) electrons. The van der Waals surface area contributed by atoms with Crippen molar-refractivity contribution in [2.24, 2.45) is 0 Å². The molecule has 0 heterocycles. The van der Waals surface area contributed by atoms with Crippen LogP contribution in [0.3, 0.4) is 0 Å². The van der Waals surface area contributed by atoms with E-state index in [0.717, 1.165) is 6.07 Å². The van der Waals surface area contributed by atoms with Crippen molar-refractivity contribution in [2.75, 3.05) is 19.5 Å². The average molecular weight is 336 g/mol. The highest BCUT2D eigenvalue weighted by atomic mass is 35.5. The molecule has 0 aliphatic carbocycles. The number of ether oxygens (including phenoxy) is 2. The van der Waals surface area contributed by atoms with E-state index in [-0.39, 0.29) is 10.7 Å². The minimum absolute atomic E-state index is 0.0623. The molecule has 0 fully saturated rings. The maximum atomic E-state index is 13.6. The van der Waals surface area contributed by atoms with E-state index in [9.17, 15) is 9.18 Å². The average Bonchev–Trinajstić information content (AvgIpc) is 2.55. The Bertz CT molecular complexity index is 724. The lowest BCUT2D eigenvalue weighted by molar-refractivity contribution is -0.111. The maximum Gasteiger partial charge on any atom is 0.248 e. The Morgan fingerprint density at radius 1 is 1.13 bits per heavy atom. The summed E-state index contributed by atoms with van der Waals surface area (Å²) in [6.45, 7) is 0. The summed E-state index contributed by atoms with van der Waals surface area (Å²) in [6.07, 6.45) is 2.87. The predicted octanol–water partition coefficient (Wildman–Crippen LogP) is 4.15. The van der Waals surface area contributed by atoms with Gasteiger partial charge >= 0.3 is 0 Å². The van der Waals surface area contributed by atoms with E-state index in [1.165, 1.54) is 32.4 Å². The fourth-order valence-corrected chi connectivity index (χ4v) is 2.02. The van der Waals surface area contributed by atoms with Gasteiger partial charge in [0.05, 0.1) is 19.9 Å². The summed E-state index contributed by atoms with van der Waals surface area (Å²) in [5.74, 6) is 0.150. The van der Waals surface area contributed by atoms with E-state index in [4.69, 9.17) is 21.1 Å². The minimum Gasteiger partial charge on any atom is -0.497 e. The second-order valence-corrected chi connectivity index (χ2v) is 5.03. The second-order valence-electron chi connectivity index (χ2n) is 4.59. The van der Waals surface area contributed by atoms with Crippen molar-refractivity contribution in [3.8, 4) is 11.5 Å². The molecule has 0 atom stereocenters. The summed E-state index contributed by atoms with van der Waals surface area (Å²) < 4.78 is 23.9. The normalized spacial score (nSPS) is 10.6. The van der Waals surface area contributed by atoms with Gasteiger partial charge in [0.2, 0.25) is 5.91 Å². The molecule has 6 heteroatoms. The number of methoxy groups -OCH3 is 2. The van der Waals surface area contributed by atoms with Crippen LogP contribution in [-0.4, -0.2) is 20.1 Å². The Balaban J connectivity index is 2.11. The van der Waals surface area contributed by atoms with E-state index in [1.807, 2.05) is 0 Å². The molecule has 0 aromatic heterocycles.